The number of anilines is 1. The lowest BCUT2D eigenvalue weighted by Gasteiger charge is -2.18. The van der Waals surface area contributed by atoms with E-state index in [9.17, 15) is 13.7 Å². The van der Waals surface area contributed by atoms with Crippen LogP contribution in [0, 0.1) is 11.3 Å². The summed E-state index contributed by atoms with van der Waals surface area (Å²) in [6.45, 7) is 7.14. The van der Waals surface area contributed by atoms with Gasteiger partial charge in [-0.15, -0.1) is 0 Å². The highest BCUT2D eigenvalue weighted by molar-refractivity contribution is 7.92. The van der Waals surface area contributed by atoms with Gasteiger partial charge in [0.25, 0.3) is 10.0 Å². The molecular formula is C25H25Cl2N3O4S. The summed E-state index contributed by atoms with van der Waals surface area (Å²) in [5, 5.41) is 9.94. The third-order valence-corrected chi connectivity index (χ3v) is 7.22. The lowest BCUT2D eigenvalue weighted by Crippen LogP contribution is -2.27. The molecule has 0 saturated carbocycles. The molecule has 0 atom stereocenters. The van der Waals surface area contributed by atoms with Crippen LogP contribution in [0.1, 0.15) is 19.4 Å². The quantitative estimate of drug-likeness (QED) is 0.316. The van der Waals surface area contributed by atoms with Crippen molar-refractivity contribution in [1.29, 1.82) is 5.26 Å². The number of nitriles is 1. The van der Waals surface area contributed by atoms with E-state index in [4.69, 9.17) is 32.7 Å². The van der Waals surface area contributed by atoms with E-state index in [-0.39, 0.29) is 21.2 Å². The minimum absolute atomic E-state index is 0.0374. The van der Waals surface area contributed by atoms with Gasteiger partial charge in [-0.1, -0.05) is 43.1 Å². The molecule has 0 amide bonds. The van der Waals surface area contributed by atoms with Gasteiger partial charge in [0.05, 0.1) is 20.6 Å². The molecule has 0 saturated heterocycles. The number of sulfonamides is 1. The largest absolute Gasteiger partial charge is 0.491 e. The van der Waals surface area contributed by atoms with E-state index in [2.05, 4.69) is 23.5 Å². The molecule has 0 bridgehead atoms. The normalized spacial score (nSPS) is 11.2. The van der Waals surface area contributed by atoms with E-state index in [0.29, 0.717) is 28.8 Å². The molecule has 3 aromatic carbocycles. The maximum Gasteiger partial charge on any atom is 0.261 e. The first-order chi connectivity index (χ1) is 16.8. The molecule has 184 valence electrons. The van der Waals surface area contributed by atoms with Gasteiger partial charge in [0, 0.05) is 12.6 Å². The molecule has 0 heterocycles. The molecule has 0 aliphatic rings. The minimum Gasteiger partial charge on any atom is -0.491 e. The van der Waals surface area contributed by atoms with Crippen molar-refractivity contribution in [2.75, 3.05) is 31.0 Å². The Morgan fingerprint density at radius 2 is 1.69 bits per heavy atom. The van der Waals surface area contributed by atoms with Crippen molar-refractivity contribution in [2.45, 2.75) is 18.7 Å². The fraction of sp³-hybridized carbons (Fsp3) is 0.240. The Bertz CT molecular complexity index is 1310. The maximum atomic E-state index is 12.9. The first-order valence-electron chi connectivity index (χ1n) is 10.9. The van der Waals surface area contributed by atoms with Crippen molar-refractivity contribution in [3.8, 4) is 23.3 Å². The predicted octanol–water partition coefficient (Wildman–Crippen LogP) is 6.18. The molecule has 1 N–H and O–H groups in total. The van der Waals surface area contributed by atoms with Crippen molar-refractivity contribution in [3.63, 3.8) is 0 Å². The van der Waals surface area contributed by atoms with E-state index in [1.807, 2.05) is 6.07 Å². The highest BCUT2D eigenvalue weighted by atomic mass is 35.5. The Morgan fingerprint density at radius 1 is 0.971 bits per heavy atom. The molecule has 10 heteroatoms. The van der Waals surface area contributed by atoms with Crippen LogP contribution in [0.2, 0.25) is 10.0 Å². The average Bonchev–Trinajstić information content (AvgIpc) is 2.84. The molecule has 7 nitrogen and oxygen atoms in total. The van der Waals surface area contributed by atoms with Gasteiger partial charge in [-0.2, -0.15) is 5.26 Å². The summed E-state index contributed by atoms with van der Waals surface area (Å²) in [4.78, 5) is 2.25. The second kappa shape index (κ2) is 12.1. The van der Waals surface area contributed by atoms with Crippen molar-refractivity contribution < 1.29 is 17.9 Å². The van der Waals surface area contributed by atoms with Gasteiger partial charge < -0.3 is 14.4 Å². The first-order valence-corrected chi connectivity index (χ1v) is 13.1. The molecular weight excluding hydrogens is 509 g/mol. The number of ether oxygens (including phenoxy) is 2. The smallest absolute Gasteiger partial charge is 0.261 e. The number of hydrogen-bond acceptors (Lipinski definition) is 6. The minimum atomic E-state index is -3.88. The van der Waals surface area contributed by atoms with E-state index >= 15 is 0 Å². The van der Waals surface area contributed by atoms with Gasteiger partial charge in [0.15, 0.2) is 0 Å². The Balaban J connectivity index is 1.70. The summed E-state index contributed by atoms with van der Waals surface area (Å²) < 4.78 is 39.8. The summed E-state index contributed by atoms with van der Waals surface area (Å²) >= 11 is 12.2. The van der Waals surface area contributed by atoms with Gasteiger partial charge in [0.1, 0.15) is 35.5 Å². The predicted molar refractivity (Wildman–Crippen MR) is 138 cm³/mol. The molecule has 0 spiro atoms. The topological polar surface area (TPSA) is 91.7 Å². The highest BCUT2D eigenvalue weighted by Gasteiger charge is 2.16. The molecule has 35 heavy (non-hydrogen) atoms. The second-order valence-electron chi connectivity index (χ2n) is 7.42. The molecule has 0 aliphatic heterocycles. The summed E-state index contributed by atoms with van der Waals surface area (Å²) in [5.41, 5.74) is 0.524. The van der Waals surface area contributed by atoms with E-state index in [1.54, 1.807) is 36.4 Å². The maximum absolute atomic E-state index is 12.9. The number of nitrogens with one attached hydrogen (secondary N) is 1. The zero-order valence-electron chi connectivity index (χ0n) is 19.3. The van der Waals surface area contributed by atoms with E-state index in [0.717, 1.165) is 19.6 Å². The third-order valence-electron chi connectivity index (χ3n) is 5.19. The lowest BCUT2D eigenvalue weighted by atomic mass is 10.2. The summed E-state index contributed by atoms with van der Waals surface area (Å²) in [5.74, 6) is 1.04. The van der Waals surface area contributed by atoms with Crippen LogP contribution in [-0.2, 0) is 10.0 Å². The van der Waals surface area contributed by atoms with Crippen molar-refractivity contribution >= 4 is 38.9 Å². The lowest BCUT2D eigenvalue weighted by molar-refractivity contribution is 0.223. The molecule has 3 rings (SSSR count). The van der Waals surface area contributed by atoms with Crippen LogP contribution in [0.5, 0.6) is 17.2 Å². The van der Waals surface area contributed by atoms with Gasteiger partial charge in [-0.05, 0) is 61.6 Å². The van der Waals surface area contributed by atoms with Crippen molar-refractivity contribution in [2.24, 2.45) is 0 Å². The van der Waals surface area contributed by atoms with E-state index in [1.165, 1.54) is 24.3 Å². The summed E-state index contributed by atoms with van der Waals surface area (Å²) in [6.07, 6.45) is 0. The summed E-state index contributed by atoms with van der Waals surface area (Å²) in [6, 6.07) is 17.4. The monoisotopic (exact) mass is 533 g/mol. The number of rotatable bonds is 11. The molecule has 0 radical (unpaired) electrons. The van der Waals surface area contributed by atoms with Gasteiger partial charge in [0.2, 0.25) is 0 Å². The number of hydrogen-bond donors (Lipinski definition) is 1. The van der Waals surface area contributed by atoms with E-state index < -0.39 is 10.0 Å². The van der Waals surface area contributed by atoms with Gasteiger partial charge >= 0.3 is 0 Å². The van der Waals surface area contributed by atoms with Crippen LogP contribution >= 0.6 is 23.2 Å². The van der Waals surface area contributed by atoms with Crippen molar-refractivity contribution in [3.05, 3.63) is 76.3 Å². The van der Waals surface area contributed by atoms with Crippen LogP contribution in [0.25, 0.3) is 0 Å². The standard InChI is InChI=1S/C25H25Cl2N3O4S/c1-3-30(4-2)14-15-33-25-16-18(8-13-23(25)27)29-35(31,32)20-11-9-19(10-12-20)34-24-7-5-6-22(26)21(24)17-28/h5-13,16,29H,3-4,14-15H2,1-2H3. The second-order valence-corrected chi connectivity index (χ2v) is 9.92. The number of nitrogens with zero attached hydrogens (tertiary/aromatic N) is 2. The number of likely N-dealkylation sites (N-methyl/N-ethyl adjacent to an activating group) is 1. The van der Waals surface area contributed by atoms with Crippen LogP contribution in [0.15, 0.2) is 65.6 Å². The Hall–Kier alpha value is -2.96. The zero-order chi connectivity index (χ0) is 25.4. The zero-order valence-corrected chi connectivity index (χ0v) is 21.6. The van der Waals surface area contributed by atoms with Crippen molar-refractivity contribution in [1.82, 2.24) is 4.90 Å². The fourth-order valence-electron chi connectivity index (χ4n) is 3.23. The molecule has 0 aromatic heterocycles. The molecule has 3 aromatic rings. The Labute approximate surface area is 215 Å². The molecule has 0 fully saturated rings. The first kappa shape index (κ1) is 26.6. The van der Waals surface area contributed by atoms with Crippen LogP contribution in [-0.4, -0.2) is 39.6 Å². The van der Waals surface area contributed by atoms with Gasteiger partial charge in [-0.25, -0.2) is 8.42 Å². The van der Waals surface area contributed by atoms with Crippen LogP contribution in [0.3, 0.4) is 0 Å². The van der Waals surface area contributed by atoms with Crippen LogP contribution in [0.4, 0.5) is 5.69 Å². The highest BCUT2D eigenvalue weighted by Crippen LogP contribution is 2.31. The number of halogens is 2. The SMILES string of the molecule is CCN(CC)CCOc1cc(NS(=O)(=O)c2ccc(Oc3cccc(Cl)c3C#N)cc2)ccc1Cl. The molecule has 0 aliphatic carbocycles. The fourth-order valence-corrected chi connectivity index (χ4v) is 4.66. The Kier molecular flexibility index (Phi) is 9.24. The number of benzene rings is 3. The van der Waals surface area contributed by atoms with Gasteiger partial charge in [-0.3, -0.25) is 4.72 Å². The average molecular weight is 534 g/mol. The summed E-state index contributed by atoms with van der Waals surface area (Å²) in [7, 11) is -3.88. The molecule has 0 unspecified atom stereocenters. The third kappa shape index (κ3) is 7.03. The Morgan fingerprint density at radius 3 is 2.34 bits per heavy atom. The van der Waals surface area contributed by atoms with Crippen LogP contribution < -0.4 is 14.2 Å².